The van der Waals surface area contributed by atoms with Crippen LogP contribution in [0.4, 0.5) is 4.79 Å². The highest BCUT2D eigenvalue weighted by molar-refractivity contribution is 7.82. The van der Waals surface area contributed by atoms with Gasteiger partial charge in [0.15, 0.2) is 11.5 Å². The van der Waals surface area contributed by atoms with Crippen molar-refractivity contribution >= 4 is 39.5 Å². The predicted molar refractivity (Wildman–Crippen MR) is 135 cm³/mol. The van der Waals surface area contributed by atoms with Crippen molar-refractivity contribution in [2.45, 2.75) is 26.4 Å². The number of carbonyl (C=O) groups excluding carboxylic acids is 2. The van der Waals surface area contributed by atoms with Gasteiger partial charge in [-0.25, -0.2) is 14.4 Å². The van der Waals surface area contributed by atoms with E-state index in [1.165, 1.54) is 61.7 Å². The molecule has 12 nitrogen and oxygen atoms in total. The SMILES string of the molecule is COC(=O)/C(=C/c1ccc(OS(=O)(=O)Oc2cc3ccc(=O)oc3cc2OC)cc1)NC(=O)OC(C)(C)C. The number of fused-ring (bicyclic) bond motifs is 1. The van der Waals surface area contributed by atoms with E-state index in [-0.39, 0.29) is 28.5 Å². The minimum atomic E-state index is -4.62. The van der Waals surface area contributed by atoms with Crippen molar-refractivity contribution in [3.8, 4) is 17.2 Å². The highest BCUT2D eigenvalue weighted by Gasteiger charge is 2.22. The summed E-state index contributed by atoms with van der Waals surface area (Å²) < 4.78 is 55.2. The Balaban J connectivity index is 1.78. The van der Waals surface area contributed by atoms with Gasteiger partial charge in [-0.2, -0.15) is 0 Å². The first-order valence-electron chi connectivity index (χ1n) is 10.9. The summed E-state index contributed by atoms with van der Waals surface area (Å²) in [6, 6.07) is 10.7. The third-order valence-corrected chi connectivity index (χ3v) is 5.31. The van der Waals surface area contributed by atoms with E-state index < -0.39 is 33.7 Å². The van der Waals surface area contributed by atoms with Crippen LogP contribution >= 0.6 is 0 Å². The van der Waals surface area contributed by atoms with Gasteiger partial charge in [-0.1, -0.05) is 12.1 Å². The van der Waals surface area contributed by atoms with Gasteiger partial charge >= 0.3 is 28.1 Å². The Morgan fingerprint density at radius 3 is 2.24 bits per heavy atom. The number of esters is 1. The monoisotopic (exact) mass is 547 g/mol. The number of hydrogen-bond donors (Lipinski definition) is 1. The molecule has 0 fully saturated rings. The van der Waals surface area contributed by atoms with Crippen molar-refractivity contribution < 1.29 is 45.0 Å². The molecule has 1 aromatic heterocycles. The molecule has 0 saturated heterocycles. The lowest BCUT2D eigenvalue weighted by Gasteiger charge is -2.20. The fraction of sp³-hybridized carbons (Fsp3) is 0.240. The lowest BCUT2D eigenvalue weighted by molar-refractivity contribution is -0.136. The van der Waals surface area contributed by atoms with Crippen LogP contribution in [0.15, 0.2) is 63.4 Å². The number of nitrogens with one attached hydrogen (secondary N) is 1. The van der Waals surface area contributed by atoms with Crippen LogP contribution in [0.1, 0.15) is 26.3 Å². The Kier molecular flexibility index (Phi) is 8.31. The number of amides is 1. The zero-order valence-electron chi connectivity index (χ0n) is 21.1. The minimum absolute atomic E-state index is 0.00710. The van der Waals surface area contributed by atoms with Crippen LogP contribution in [0.2, 0.25) is 0 Å². The summed E-state index contributed by atoms with van der Waals surface area (Å²) in [6.07, 6.45) is 0.451. The van der Waals surface area contributed by atoms with Gasteiger partial charge in [0.1, 0.15) is 22.6 Å². The first-order valence-corrected chi connectivity index (χ1v) is 12.3. The fourth-order valence-electron chi connectivity index (χ4n) is 3.00. The van der Waals surface area contributed by atoms with Gasteiger partial charge in [-0.05, 0) is 56.7 Å². The average molecular weight is 548 g/mol. The van der Waals surface area contributed by atoms with E-state index in [2.05, 4.69) is 10.1 Å². The lowest BCUT2D eigenvalue weighted by atomic mass is 10.2. The summed E-state index contributed by atoms with van der Waals surface area (Å²) in [6.45, 7) is 5.00. The van der Waals surface area contributed by atoms with E-state index in [0.29, 0.717) is 10.9 Å². The van der Waals surface area contributed by atoms with Crippen LogP contribution < -0.4 is 24.0 Å². The first kappa shape index (κ1) is 28.1. The van der Waals surface area contributed by atoms with Gasteiger partial charge in [0.2, 0.25) is 0 Å². The van der Waals surface area contributed by atoms with Gasteiger partial charge in [-0.15, -0.1) is 8.42 Å². The van der Waals surface area contributed by atoms with Gasteiger partial charge in [-0.3, -0.25) is 5.32 Å². The summed E-state index contributed by atoms with van der Waals surface area (Å²) in [4.78, 5) is 35.6. The number of hydrogen-bond acceptors (Lipinski definition) is 11. The summed E-state index contributed by atoms with van der Waals surface area (Å²) in [5.41, 5.74) is -0.988. The lowest BCUT2D eigenvalue weighted by Crippen LogP contribution is -2.34. The topological polar surface area (TPSA) is 157 Å². The highest BCUT2D eigenvalue weighted by atomic mass is 32.3. The molecule has 2 aromatic carbocycles. The standard InChI is InChI=1S/C25H25NO11S/c1-25(2,3)35-24(29)26-18(23(28)33-5)12-15-6-9-17(10-7-15)36-38(30,31)37-21-13-16-8-11-22(27)34-19(16)14-20(21)32-4/h6-14H,1-5H3,(H,26,29)/b18-12-. The van der Waals surface area contributed by atoms with E-state index >= 15 is 0 Å². The zero-order chi connectivity index (χ0) is 28.1. The van der Waals surface area contributed by atoms with Crippen molar-refractivity contribution in [1.82, 2.24) is 5.32 Å². The molecule has 0 radical (unpaired) electrons. The maximum Gasteiger partial charge on any atom is 0.501 e. The second kappa shape index (κ2) is 11.3. The Labute approximate surface area is 218 Å². The van der Waals surface area contributed by atoms with E-state index in [4.69, 9.17) is 22.3 Å². The van der Waals surface area contributed by atoms with E-state index in [1.807, 2.05) is 0 Å². The number of ether oxygens (including phenoxy) is 3. The second-order valence-electron chi connectivity index (χ2n) is 8.62. The van der Waals surface area contributed by atoms with Gasteiger partial charge in [0.25, 0.3) is 0 Å². The molecule has 0 unspecified atom stereocenters. The molecule has 202 valence electrons. The summed E-state index contributed by atoms with van der Waals surface area (Å²) in [5, 5.41) is 2.72. The van der Waals surface area contributed by atoms with Gasteiger partial charge < -0.3 is 27.0 Å². The van der Waals surface area contributed by atoms with Crippen molar-refractivity contribution in [2.75, 3.05) is 14.2 Å². The van der Waals surface area contributed by atoms with E-state index in [9.17, 15) is 22.8 Å². The largest absolute Gasteiger partial charge is 0.501 e. The molecule has 0 saturated carbocycles. The van der Waals surface area contributed by atoms with Crippen molar-refractivity contribution in [1.29, 1.82) is 0 Å². The molecule has 0 atom stereocenters. The maximum absolute atomic E-state index is 12.5. The van der Waals surface area contributed by atoms with Crippen molar-refractivity contribution in [2.24, 2.45) is 0 Å². The molecular weight excluding hydrogens is 522 g/mol. The summed E-state index contributed by atoms with van der Waals surface area (Å²) >= 11 is 0. The summed E-state index contributed by atoms with van der Waals surface area (Å²) in [7, 11) is -2.18. The molecule has 13 heteroatoms. The fourth-order valence-corrected chi connectivity index (χ4v) is 3.73. The van der Waals surface area contributed by atoms with Crippen LogP contribution in [0.3, 0.4) is 0 Å². The normalized spacial score (nSPS) is 12.0. The van der Waals surface area contributed by atoms with Crippen molar-refractivity contribution in [3.63, 3.8) is 0 Å². The molecule has 0 aliphatic carbocycles. The predicted octanol–water partition coefficient (Wildman–Crippen LogP) is 3.54. The average Bonchev–Trinajstić information content (AvgIpc) is 2.82. The van der Waals surface area contributed by atoms with Gasteiger partial charge in [0, 0.05) is 17.5 Å². The van der Waals surface area contributed by atoms with Crippen molar-refractivity contribution in [3.05, 3.63) is 70.2 Å². The number of methoxy groups -OCH3 is 2. The number of carbonyl (C=O) groups is 2. The Morgan fingerprint density at radius 2 is 1.63 bits per heavy atom. The quantitative estimate of drug-likeness (QED) is 0.250. The number of benzene rings is 2. The second-order valence-corrected chi connectivity index (χ2v) is 9.77. The molecular formula is C25H25NO11S. The van der Waals surface area contributed by atoms with Crippen LogP contribution in [0.25, 0.3) is 17.0 Å². The third kappa shape index (κ3) is 7.74. The van der Waals surface area contributed by atoms with Crippen LogP contribution in [-0.2, 0) is 24.7 Å². The Morgan fingerprint density at radius 1 is 0.947 bits per heavy atom. The number of alkyl carbamates (subject to hydrolysis) is 1. The third-order valence-electron chi connectivity index (χ3n) is 4.53. The maximum atomic E-state index is 12.5. The molecule has 1 N–H and O–H groups in total. The molecule has 3 aromatic rings. The molecule has 38 heavy (non-hydrogen) atoms. The molecule has 1 amide bonds. The zero-order valence-corrected chi connectivity index (χ0v) is 21.9. The molecule has 0 bridgehead atoms. The molecule has 3 rings (SSSR count). The molecule has 0 aliphatic heterocycles. The smallest absolute Gasteiger partial charge is 0.493 e. The molecule has 0 spiro atoms. The van der Waals surface area contributed by atoms with E-state index in [1.54, 1.807) is 20.8 Å². The Bertz CT molecular complexity index is 1530. The Hall–Kier alpha value is -4.52. The van der Waals surface area contributed by atoms with Crippen LogP contribution in [0, 0.1) is 0 Å². The highest BCUT2D eigenvalue weighted by Crippen LogP contribution is 2.33. The first-order chi connectivity index (χ1) is 17.8. The number of rotatable bonds is 8. The van der Waals surface area contributed by atoms with Crippen LogP contribution in [-0.4, -0.2) is 40.3 Å². The molecule has 0 aliphatic rings. The summed E-state index contributed by atoms with van der Waals surface area (Å²) in [5.74, 6) is -1.12. The molecule has 1 heterocycles. The van der Waals surface area contributed by atoms with Gasteiger partial charge in [0.05, 0.1) is 14.2 Å². The van der Waals surface area contributed by atoms with E-state index in [0.717, 1.165) is 7.11 Å². The minimum Gasteiger partial charge on any atom is -0.493 e. The van der Waals surface area contributed by atoms with Crippen LogP contribution in [0.5, 0.6) is 17.2 Å².